The number of rotatable bonds is 0. The third kappa shape index (κ3) is 1.22. The molecule has 1 unspecified atom stereocenters. The lowest BCUT2D eigenvalue weighted by Crippen LogP contribution is -2.08. The van der Waals surface area contributed by atoms with Crippen molar-refractivity contribution in [1.29, 1.82) is 0 Å². The first-order chi connectivity index (χ1) is 7.27. The van der Waals surface area contributed by atoms with E-state index in [0.29, 0.717) is 5.92 Å². The Balaban J connectivity index is 2.17. The molecule has 0 saturated carbocycles. The summed E-state index contributed by atoms with van der Waals surface area (Å²) in [6.45, 7) is 4.47. The van der Waals surface area contributed by atoms with Crippen LogP contribution in [0.5, 0.6) is 0 Å². The molecule has 1 nitrogen and oxygen atoms in total. The highest BCUT2D eigenvalue weighted by Gasteiger charge is 2.31. The molecule has 1 aromatic rings. The first-order valence-corrected chi connectivity index (χ1v) is 5.83. The van der Waals surface area contributed by atoms with E-state index in [2.05, 4.69) is 37.4 Å². The number of aryl methyl sites for hydroxylation is 1. The van der Waals surface area contributed by atoms with E-state index in [-0.39, 0.29) is 0 Å². The van der Waals surface area contributed by atoms with E-state index in [1.54, 1.807) is 5.57 Å². The number of hydrogen-bond acceptors (Lipinski definition) is 1. The van der Waals surface area contributed by atoms with Crippen LogP contribution in [-0.2, 0) is 0 Å². The summed E-state index contributed by atoms with van der Waals surface area (Å²) in [4.78, 5) is 0. The lowest BCUT2D eigenvalue weighted by Gasteiger charge is -2.21. The molecule has 1 N–H and O–H groups in total. The summed E-state index contributed by atoms with van der Waals surface area (Å²) in [6.07, 6.45) is 3.93. The van der Waals surface area contributed by atoms with E-state index < -0.39 is 0 Å². The Morgan fingerprint density at radius 3 is 3.00 bits per heavy atom. The number of fused-ring (bicyclic) bond motifs is 3. The maximum Gasteiger partial charge on any atom is 0.0451 e. The van der Waals surface area contributed by atoms with Crippen molar-refractivity contribution < 1.29 is 0 Å². The number of anilines is 1. The number of benzene rings is 1. The Kier molecular flexibility index (Phi) is 1.88. The van der Waals surface area contributed by atoms with E-state index in [9.17, 15) is 0 Å². The van der Waals surface area contributed by atoms with Gasteiger partial charge >= 0.3 is 0 Å². The molecule has 2 aliphatic rings. The Hall–Kier alpha value is -1.24. The van der Waals surface area contributed by atoms with Gasteiger partial charge in [-0.15, -0.1) is 0 Å². The molecule has 1 atom stereocenters. The van der Waals surface area contributed by atoms with Gasteiger partial charge in [0.05, 0.1) is 0 Å². The van der Waals surface area contributed by atoms with Gasteiger partial charge in [-0.25, -0.2) is 0 Å². The number of para-hydroxylation sites is 1. The van der Waals surface area contributed by atoms with E-state index in [1.807, 2.05) is 0 Å². The topological polar surface area (TPSA) is 12.0 Å². The van der Waals surface area contributed by atoms with E-state index >= 15 is 0 Å². The van der Waals surface area contributed by atoms with Crippen molar-refractivity contribution in [3.8, 4) is 0 Å². The number of hydrogen-bond donors (Lipinski definition) is 1. The van der Waals surface area contributed by atoms with Crippen molar-refractivity contribution in [1.82, 2.24) is 0 Å². The van der Waals surface area contributed by atoms with Crippen LogP contribution >= 0.6 is 0 Å². The summed E-state index contributed by atoms with van der Waals surface area (Å²) in [5.41, 5.74) is 7.32. The van der Waals surface area contributed by atoms with Gasteiger partial charge in [-0.1, -0.05) is 23.8 Å². The van der Waals surface area contributed by atoms with Crippen molar-refractivity contribution in [2.75, 3.05) is 5.32 Å². The summed E-state index contributed by atoms with van der Waals surface area (Å²) >= 11 is 0. The van der Waals surface area contributed by atoms with E-state index in [0.717, 1.165) is 0 Å². The van der Waals surface area contributed by atoms with Crippen LogP contribution in [-0.4, -0.2) is 0 Å². The molecule has 78 valence electrons. The molecule has 1 heteroatoms. The van der Waals surface area contributed by atoms with Crippen molar-refractivity contribution >= 4 is 5.69 Å². The Morgan fingerprint density at radius 1 is 1.27 bits per heavy atom. The highest BCUT2D eigenvalue weighted by Crippen LogP contribution is 2.46. The maximum atomic E-state index is 3.63. The van der Waals surface area contributed by atoms with Crippen LogP contribution in [0, 0.1) is 6.92 Å². The normalized spacial score (nSPS) is 23.5. The Labute approximate surface area is 91.2 Å². The minimum Gasteiger partial charge on any atom is -0.358 e. The average Bonchev–Trinajstić information content (AvgIpc) is 2.60. The van der Waals surface area contributed by atoms with Crippen LogP contribution in [0.2, 0.25) is 0 Å². The summed E-state index contributed by atoms with van der Waals surface area (Å²) in [5, 5.41) is 3.63. The van der Waals surface area contributed by atoms with Gasteiger partial charge in [-0.05, 0) is 44.2 Å². The van der Waals surface area contributed by atoms with Crippen molar-refractivity contribution in [2.24, 2.45) is 0 Å². The molecule has 0 bridgehead atoms. The SMILES string of the molecule is CC1=C2Nc3c(C)cccc3C2CCC1. The molecule has 0 radical (unpaired) electrons. The lowest BCUT2D eigenvalue weighted by atomic mass is 9.85. The van der Waals surface area contributed by atoms with Crippen molar-refractivity contribution in [2.45, 2.75) is 39.0 Å². The molecule has 0 amide bonds. The molecule has 1 aliphatic heterocycles. The summed E-state index contributed by atoms with van der Waals surface area (Å²) in [6, 6.07) is 6.66. The molecule has 0 aromatic heterocycles. The highest BCUT2D eigenvalue weighted by molar-refractivity contribution is 5.69. The predicted molar refractivity (Wildman–Crippen MR) is 64.1 cm³/mol. The molecule has 0 spiro atoms. The minimum atomic E-state index is 0.661. The van der Waals surface area contributed by atoms with E-state index in [1.165, 1.54) is 41.8 Å². The number of allylic oxidation sites excluding steroid dienone is 2. The molecule has 1 aromatic carbocycles. The van der Waals surface area contributed by atoms with Gasteiger partial charge < -0.3 is 5.32 Å². The second kappa shape index (κ2) is 3.13. The monoisotopic (exact) mass is 199 g/mol. The van der Waals surface area contributed by atoms with Gasteiger partial charge in [0.15, 0.2) is 0 Å². The second-order valence-corrected chi connectivity index (χ2v) is 4.80. The Bertz CT molecular complexity index is 443. The fourth-order valence-corrected chi connectivity index (χ4v) is 2.94. The zero-order valence-electron chi connectivity index (χ0n) is 9.43. The third-order valence-corrected chi connectivity index (χ3v) is 3.79. The maximum absolute atomic E-state index is 3.63. The molecular formula is C14H17N. The van der Waals surface area contributed by atoms with Crippen LogP contribution in [0.1, 0.15) is 43.2 Å². The molecule has 3 rings (SSSR count). The molecular weight excluding hydrogens is 182 g/mol. The second-order valence-electron chi connectivity index (χ2n) is 4.80. The van der Waals surface area contributed by atoms with Gasteiger partial charge in [-0.2, -0.15) is 0 Å². The van der Waals surface area contributed by atoms with Gasteiger partial charge in [0.1, 0.15) is 0 Å². The summed E-state index contributed by atoms with van der Waals surface area (Å²) in [7, 11) is 0. The zero-order valence-corrected chi connectivity index (χ0v) is 9.43. The fourth-order valence-electron chi connectivity index (χ4n) is 2.94. The van der Waals surface area contributed by atoms with Gasteiger partial charge in [-0.3, -0.25) is 0 Å². The van der Waals surface area contributed by atoms with Gasteiger partial charge in [0, 0.05) is 17.3 Å². The van der Waals surface area contributed by atoms with Crippen LogP contribution in [0.3, 0.4) is 0 Å². The smallest absolute Gasteiger partial charge is 0.0451 e. The first kappa shape index (κ1) is 9.02. The fraction of sp³-hybridized carbons (Fsp3) is 0.429. The minimum absolute atomic E-state index is 0.661. The van der Waals surface area contributed by atoms with E-state index in [4.69, 9.17) is 0 Å². The van der Waals surface area contributed by atoms with Crippen LogP contribution < -0.4 is 5.32 Å². The molecule has 1 heterocycles. The lowest BCUT2D eigenvalue weighted by molar-refractivity contribution is 0.619. The molecule has 15 heavy (non-hydrogen) atoms. The summed E-state index contributed by atoms with van der Waals surface area (Å²) < 4.78 is 0. The molecule has 0 fully saturated rings. The molecule has 0 saturated heterocycles. The Morgan fingerprint density at radius 2 is 2.13 bits per heavy atom. The van der Waals surface area contributed by atoms with Gasteiger partial charge in [0.2, 0.25) is 0 Å². The number of nitrogens with one attached hydrogen (secondary N) is 1. The first-order valence-electron chi connectivity index (χ1n) is 5.83. The average molecular weight is 199 g/mol. The van der Waals surface area contributed by atoms with Gasteiger partial charge in [0.25, 0.3) is 0 Å². The van der Waals surface area contributed by atoms with Crippen LogP contribution in [0.15, 0.2) is 29.5 Å². The largest absolute Gasteiger partial charge is 0.358 e. The van der Waals surface area contributed by atoms with Crippen molar-refractivity contribution in [3.05, 3.63) is 40.6 Å². The summed E-state index contributed by atoms with van der Waals surface area (Å²) in [5.74, 6) is 0.661. The quantitative estimate of drug-likeness (QED) is 0.666. The third-order valence-electron chi connectivity index (χ3n) is 3.79. The van der Waals surface area contributed by atoms with Crippen LogP contribution in [0.4, 0.5) is 5.69 Å². The molecule has 1 aliphatic carbocycles. The zero-order chi connectivity index (χ0) is 10.4. The van der Waals surface area contributed by atoms with Crippen LogP contribution in [0.25, 0.3) is 0 Å². The highest BCUT2D eigenvalue weighted by atomic mass is 14.9. The standard InChI is InChI=1S/C14H17N/c1-9-5-3-7-11-12-8-4-6-10(2)14(12)15-13(9)11/h3,5,7,12,15H,4,6,8H2,1-2H3. The predicted octanol–water partition coefficient (Wildman–Crippen LogP) is 3.96. The van der Waals surface area contributed by atoms with Crippen molar-refractivity contribution in [3.63, 3.8) is 0 Å².